The van der Waals surface area contributed by atoms with Crippen LogP contribution < -0.4 is 0 Å². The van der Waals surface area contributed by atoms with Gasteiger partial charge < -0.3 is 18.9 Å². The van der Waals surface area contributed by atoms with Crippen LogP contribution in [-0.4, -0.2) is 74.9 Å². The van der Waals surface area contributed by atoms with Crippen molar-refractivity contribution in [3.8, 4) is 0 Å². The first-order chi connectivity index (χ1) is 24.0. The van der Waals surface area contributed by atoms with Gasteiger partial charge in [0.15, 0.2) is 6.10 Å². The maximum Gasteiger partial charge on any atom is 0.472 e. The third-order valence-electron chi connectivity index (χ3n) is 8.16. The van der Waals surface area contributed by atoms with Crippen LogP contribution in [0.2, 0.25) is 0 Å². The monoisotopic (exact) mass is 729 g/mol. The number of unbranched alkanes of at least 4 members (excludes halogenated alkanes) is 15. The molecular formula is C40H75NO8P+. The molecule has 0 radical (unpaired) electrons. The summed E-state index contributed by atoms with van der Waals surface area (Å²) in [6.07, 6.45) is 35.0. The number of rotatable bonds is 35. The SMILES string of the molecule is CCCCCCCC/C=C/C/C=C/CCC(=O)OC(COC(=O)CCCCC/C=C/CCCCCCCC)COP(=O)(O)OCC[N+](C)(C)C. The Morgan fingerprint density at radius 2 is 1.12 bits per heavy atom. The van der Waals surface area contributed by atoms with E-state index < -0.39 is 32.5 Å². The molecule has 0 bridgehead atoms. The number of phosphoric acid groups is 1. The molecule has 0 aromatic carbocycles. The van der Waals surface area contributed by atoms with Gasteiger partial charge in [0.25, 0.3) is 0 Å². The topological polar surface area (TPSA) is 108 Å². The second-order valence-corrected chi connectivity index (χ2v) is 15.8. The molecule has 10 heteroatoms. The fourth-order valence-corrected chi connectivity index (χ4v) is 5.74. The van der Waals surface area contributed by atoms with Gasteiger partial charge in [-0.1, -0.05) is 121 Å². The molecule has 9 nitrogen and oxygen atoms in total. The minimum Gasteiger partial charge on any atom is -0.462 e. The molecule has 0 saturated carbocycles. The van der Waals surface area contributed by atoms with Gasteiger partial charge in [-0.15, -0.1) is 0 Å². The summed E-state index contributed by atoms with van der Waals surface area (Å²) in [5.41, 5.74) is 0. The standard InChI is InChI=1S/C40H74NO8P/c1-6-8-10-12-14-16-18-20-22-24-26-28-30-32-39(42)46-36-38(37-48-50(44,45)47-35-34-41(3,4)5)49-40(43)33-31-29-27-25-23-21-19-17-15-13-11-9-7-2/h20-23,27,29,38H,6-19,24-26,28,30-37H2,1-5H3/p+1/b22-20+,23-21+,29-27+. The summed E-state index contributed by atoms with van der Waals surface area (Å²) < 4.78 is 34.1. The molecule has 0 fully saturated rings. The summed E-state index contributed by atoms with van der Waals surface area (Å²) in [4.78, 5) is 35.1. The van der Waals surface area contributed by atoms with Gasteiger partial charge in [-0.3, -0.25) is 18.6 Å². The van der Waals surface area contributed by atoms with Crippen LogP contribution in [0, 0.1) is 0 Å². The lowest BCUT2D eigenvalue weighted by Gasteiger charge is -2.24. The molecule has 0 amide bonds. The first kappa shape index (κ1) is 48.2. The minimum atomic E-state index is -4.38. The summed E-state index contributed by atoms with van der Waals surface area (Å²) in [6.45, 7) is 4.30. The zero-order valence-corrected chi connectivity index (χ0v) is 33.5. The normalized spacial score (nSPS) is 14.1. The number of likely N-dealkylation sites (N-methyl/N-ethyl adjacent to an activating group) is 1. The first-order valence-corrected chi connectivity index (χ1v) is 21.2. The number of carbonyl (C=O) groups excluding carboxylic acids is 2. The Kier molecular flexibility index (Phi) is 31.9. The summed E-state index contributed by atoms with van der Waals surface area (Å²) >= 11 is 0. The van der Waals surface area contributed by atoms with E-state index in [0.717, 1.165) is 38.5 Å². The lowest BCUT2D eigenvalue weighted by Crippen LogP contribution is -2.37. The van der Waals surface area contributed by atoms with E-state index >= 15 is 0 Å². The Labute approximate surface area is 306 Å². The van der Waals surface area contributed by atoms with Crippen LogP contribution in [0.1, 0.15) is 155 Å². The van der Waals surface area contributed by atoms with Crippen LogP contribution in [-0.2, 0) is 32.7 Å². The fraction of sp³-hybridized carbons (Fsp3) is 0.800. The number of phosphoric ester groups is 1. The number of allylic oxidation sites excluding steroid dienone is 6. The van der Waals surface area contributed by atoms with Crippen molar-refractivity contribution in [2.45, 2.75) is 161 Å². The van der Waals surface area contributed by atoms with E-state index in [1.54, 1.807) is 0 Å². The van der Waals surface area contributed by atoms with Crippen molar-refractivity contribution < 1.29 is 42.1 Å². The lowest BCUT2D eigenvalue weighted by atomic mass is 10.1. The molecule has 0 rings (SSSR count). The molecule has 0 spiro atoms. The highest BCUT2D eigenvalue weighted by Crippen LogP contribution is 2.43. The Morgan fingerprint density at radius 3 is 1.68 bits per heavy atom. The number of nitrogens with zero attached hydrogens (tertiary/aromatic N) is 1. The van der Waals surface area contributed by atoms with Gasteiger partial charge in [0.05, 0.1) is 27.7 Å². The maximum atomic E-state index is 12.6. The molecule has 2 atom stereocenters. The van der Waals surface area contributed by atoms with Crippen molar-refractivity contribution in [1.29, 1.82) is 0 Å². The summed E-state index contributed by atoms with van der Waals surface area (Å²) in [6, 6.07) is 0. The lowest BCUT2D eigenvalue weighted by molar-refractivity contribution is -0.870. The molecular weight excluding hydrogens is 653 g/mol. The zero-order chi connectivity index (χ0) is 37.2. The quantitative estimate of drug-likeness (QED) is 0.0226. The van der Waals surface area contributed by atoms with Crippen LogP contribution >= 0.6 is 7.82 Å². The Morgan fingerprint density at radius 1 is 0.620 bits per heavy atom. The van der Waals surface area contributed by atoms with Crippen molar-refractivity contribution in [2.24, 2.45) is 0 Å². The number of esters is 2. The number of carbonyl (C=O) groups is 2. The number of hydrogen-bond donors (Lipinski definition) is 1. The number of ether oxygens (including phenoxy) is 2. The minimum absolute atomic E-state index is 0.0200. The van der Waals surface area contributed by atoms with E-state index in [-0.39, 0.29) is 26.1 Å². The highest BCUT2D eigenvalue weighted by molar-refractivity contribution is 7.47. The van der Waals surface area contributed by atoms with Gasteiger partial charge in [0.2, 0.25) is 0 Å². The third-order valence-corrected chi connectivity index (χ3v) is 9.14. The summed E-state index contributed by atoms with van der Waals surface area (Å²) in [5, 5.41) is 0. The molecule has 0 aliphatic heterocycles. The van der Waals surface area contributed by atoms with Gasteiger partial charge in [0, 0.05) is 12.8 Å². The highest BCUT2D eigenvalue weighted by atomic mass is 31.2. The Balaban J connectivity index is 4.54. The van der Waals surface area contributed by atoms with E-state index in [1.807, 2.05) is 33.3 Å². The second-order valence-electron chi connectivity index (χ2n) is 14.3. The maximum absolute atomic E-state index is 12.6. The van der Waals surface area contributed by atoms with Crippen LogP contribution in [0.4, 0.5) is 0 Å². The van der Waals surface area contributed by atoms with Gasteiger partial charge in [-0.2, -0.15) is 0 Å². The second kappa shape index (κ2) is 33.1. The van der Waals surface area contributed by atoms with Gasteiger partial charge in [0.1, 0.15) is 19.8 Å². The largest absolute Gasteiger partial charge is 0.472 e. The summed E-state index contributed by atoms with van der Waals surface area (Å²) in [7, 11) is 1.43. The van der Waals surface area contributed by atoms with Crippen molar-refractivity contribution in [1.82, 2.24) is 0 Å². The Bertz CT molecular complexity index is 959. The predicted molar refractivity (Wildman–Crippen MR) is 206 cm³/mol. The zero-order valence-electron chi connectivity index (χ0n) is 32.6. The van der Waals surface area contributed by atoms with Crippen molar-refractivity contribution >= 4 is 19.8 Å². The van der Waals surface area contributed by atoms with E-state index in [1.165, 1.54) is 77.0 Å². The predicted octanol–water partition coefficient (Wildman–Crippen LogP) is 10.6. The molecule has 1 N–H and O–H groups in total. The van der Waals surface area contributed by atoms with Gasteiger partial charge in [-0.05, 0) is 57.8 Å². The molecule has 2 unspecified atom stereocenters. The molecule has 50 heavy (non-hydrogen) atoms. The van der Waals surface area contributed by atoms with E-state index in [2.05, 4.69) is 38.2 Å². The van der Waals surface area contributed by atoms with E-state index in [0.29, 0.717) is 23.9 Å². The van der Waals surface area contributed by atoms with Crippen LogP contribution in [0.25, 0.3) is 0 Å². The van der Waals surface area contributed by atoms with Crippen molar-refractivity contribution in [3.63, 3.8) is 0 Å². The molecule has 0 saturated heterocycles. The Hall–Kier alpha value is -1.77. The van der Waals surface area contributed by atoms with Crippen LogP contribution in [0.15, 0.2) is 36.5 Å². The number of hydrogen-bond acceptors (Lipinski definition) is 7. The molecule has 0 heterocycles. The average Bonchev–Trinajstić information content (AvgIpc) is 3.06. The molecule has 0 aromatic heterocycles. The fourth-order valence-electron chi connectivity index (χ4n) is 5.00. The van der Waals surface area contributed by atoms with E-state index in [9.17, 15) is 19.0 Å². The van der Waals surface area contributed by atoms with Crippen molar-refractivity contribution in [3.05, 3.63) is 36.5 Å². The molecule has 0 aromatic rings. The van der Waals surface area contributed by atoms with Gasteiger partial charge >= 0.3 is 19.8 Å². The highest BCUT2D eigenvalue weighted by Gasteiger charge is 2.27. The molecule has 0 aliphatic rings. The first-order valence-electron chi connectivity index (χ1n) is 19.7. The van der Waals surface area contributed by atoms with Gasteiger partial charge in [-0.25, -0.2) is 4.57 Å². The number of quaternary nitrogens is 1. The summed E-state index contributed by atoms with van der Waals surface area (Å²) in [5.74, 6) is -0.898. The van der Waals surface area contributed by atoms with E-state index in [4.69, 9.17) is 18.5 Å². The smallest absolute Gasteiger partial charge is 0.462 e. The third kappa shape index (κ3) is 36.0. The van der Waals surface area contributed by atoms with Crippen LogP contribution in [0.3, 0.4) is 0 Å². The van der Waals surface area contributed by atoms with Crippen LogP contribution in [0.5, 0.6) is 0 Å². The molecule has 292 valence electrons. The van der Waals surface area contributed by atoms with Crippen molar-refractivity contribution in [2.75, 3.05) is 47.5 Å². The molecule has 0 aliphatic carbocycles. The average molecular weight is 729 g/mol.